The Balaban J connectivity index is 0.000000167. The van der Waals surface area contributed by atoms with Crippen LogP contribution in [0.5, 0.6) is 0 Å². The van der Waals surface area contributed by atoms with Crippen LogP contribution >= 0.6 is 38.6 Å². The highest BCUT2D eigenvalue weighted by Crippen LogP contribution is 2.22. The van der Waals surface area contributed by atoms with Crippen molar-refractivity contribution in [2.24, 2.45) is 0 Å². The minimum Gasteiger partial charge on any atom is -0.423 e. The molecule has 0 saturated carbocycles. The van der Waals surface area contributed by atoms with E-state index < -0.39 is 7.12 Å². The molecule has 2 N–H and O–H groups in total. The molecule has 2 aromatic heterocycles. The largest absolute Gasteiger partial charge is 0.489 e. The molecule has 0 aliphatic heterocycles. The van der Waals surface area contributed by atoms with Gasteiger partial charge in [-0.2, -0.15) is 33.2 Å². The van der Waals surface area contributed by atoms with E-state index >= 15 is 0 Å². The number of benzene rings is 2. The van der Waals surface area contributed by atoms with E-state index in [0.717, 1.165) is 10.0 Å². The van der Waals surface area contributed by atoms with Crippen LogP contribution in [-0.2, 0) is 0 Å². The summed E-state index contributed by atoms with van der Waals surface area (Å²) in [7, 11) is -1.30. The molecule has 0 atom stereocenters. The maximum absolute atomic E-state index is 8.71. The maximum atomic E-state index is 8.71. The summed E-state index contributed by atoms with van der Waals surface area (Å²) < 4.78 is 0.946. The molecule has 0 saturated heterocycles. The van der Waals surface area contributed by atoms with Crippen molar-refractivity contribution in [3.8, 4) is 23.3 Å². The van der Waals surface area contributed by atoms with E-state index in [4.69, 9.17) is 20.6 Å². The van der Waals surface area contributed by atoms with Crippen molar-refractivity contribution in [1.82, 2.24) is 0 Å². The van der Waals surface area contributed by atoms with Crippen molar-refractivity contribution in [2.45, 2.75) is 0 Å². The smallest absolute Gasteiger partial charge is 0.423 e. The molecule has 0 unspecified atom stereocenters. The second kappa shape index (κ2) is 12.8. The monoisotopic (exact) mass is 494 g/mol. The normalized spacial score (nSPS) is 9.10. The fraction of sp³-hybridized carbons (Fsp3) is 0. The van der Waals surface area contributed by atoms with Gasteiger partial charge in [-0.3, -0.25) is 0 Å². The van der Waals surface area contributed by atoms with E-state index in [1.807, 2.05) is 47.8 Å². The molecule has 8 heteroatoms. The van der Waals surface area contributed by atoms with Crippen LogP contribution < -0.4 is 5.46 Å². The van der Waals surface area contributed by atoms with Crippen LogP contribution in [0.1, 0.15) is 11.1 Å². The lowest BCUT2D eigenvalue weighted by atomic mass is 9.83. The zero-order valence-corrected chi connectivity index (χ0v) is 18.9. The molecule has 0 fully saturated rings. The summed E-state index contributed by atoms with van der Waals surface area (Å²) in [6.07, 6.45) is 0. The Labute approximate surface area is 192 Å². The van der Waals surface area contributed by atoms with E-state index in [-0.39, 0.29) is 0 Å². The van der Waals surface area contributed by atoms with Crippen LogP contribution in [0.25, 0.3) is 11.1 Å². The second-order valence-electron chi connectivity index (χ2n) is 5.76. The van der Waals surface area contributed by atoms with E-state index in [1.165, 1.54) is 16.9 Å². The van der Waals surface area contributed by atoms with Gasteiger partial charge in [0.25, 0.3) is 0 Å². The van der Waals surface area contributed by atoms with Gasteiger partial charge in [0, 0.05) is 4.47 Å². The third-order valence-corrected chi connectivity index (χ3v) is 5.52. The lowest BCUT2D eigenvalue weighted by Crippen LogP contribution is -2.27. The van der Waals surface area contributed by atoms with Crippen molar-refractivity contribution in [3.05, 3.63) is 97.8 Å². The number of hydrogen-bond donors (Lipinski definition) is 2. The molecule has 4 rings (SSSR count). The fourth-order valence-corrected chi connectivity index (χ4v) is 3.91. The third-order valence-electron chi connectivity index (χ3n) is 3.64. The van der Waals surface area contributed by atoms with Gasteiger partial charge in [-0.05, 0) is 74.5 Å². The van der Waals surface area contributed by atoms with Gasteiger partial charge in [0.2, 0.25) is 0 Å². The summed E-state index contributed by atoms with van der Waals surface area (Å²) in [5, 5.41) is 41.7. The molecule has 4 nitrogen and oxygen atoms in total. The van der Waals surface area contributed by atoms with Gasteiger partial charge in [0.1, 0.15) is 0 Å². The lowest BCUT2D eigenvalue weighted by Gasteiger charge is -1.96. The predicted octanol–water partition coefficient (Wildman–Crippen LogP) is 5.04. The first kappa shape index (κ1) is 23.6. The Bertz CT molecular complexity index is 1120. The highest BCUT2D eigenvalue weighted by Gasteiger charge is 2.08. The number of hydrogen-bond acceptors (Lipinski definition) is 6. The Morgan fingerprint density at radius 3 is 1.87 bits per heavy atom. The minimum atomic E-state index is -1.30. The molecule has 0 aliphatic carbocycles. The van der Waals surface area contributed by atoms with Gasteiger partial charge in [0.05, 0.1) is 23.3 Å². The first-order valence-corrected chi connectivity index (χ1v) is 11.3. The molecule has 4 aromatic rings. The molecule has 2 aromatic carbocycles. The van der Waals surface area contributed by atoms with Crippen molar-refractivity contribution < 1.29 is 10.0 Å². The van der Waals surface area contributed by atoms with Crippen LogP contribution in [0.3, 0.4) is 0 Å². The van der Waals surface area contributed by atoms with Crippen LogP contribution in [0.2, 0.25) is 0 Å². The zero-order chi connectivity index (χ0) is 21.8. The zero-order valence-electron chi connectivity index (χ0n) is 15.6. The molecule has 148 valence electrons. The quantitative estimate of drug-likeness (QED) is 0.382. The molecular weight excluding hydrogens is 479 g/mol. The van der Waals surface area contributed by atoms with Gasteiger partial charge < -0.3 is 10.0 Å². The minimum absolute atomic E-state index is 0.565. The maximum Gasteiger partial charge on any atom is 0.489 e. The predicted molar refractivity (Wildman–Crippen MR) is 127 cm³/mol. The summed E-state index contributed by atoms with van der Waals surface area (Å²) in [4.78, 5) is 0. The molecule has 0 radical (unpaired) electrons. The number of nitriles is 2. The van der Waals surface area contributed by atoms with Crippen molar-refractivity contribution >= 4 is 51.2 Å². The summed E-state index contributed by atoms with van der Waals surface area (Å²) in [5.74, 6) is 0. The number of thiophene rings is 2. The van der Waals surface area contributed by atoms with Crippen molar-refractivity contribution in [1.29, 1.82) is 10.5 Å². The SMILES string of the molecule is N#Cc1cccc(-c2ccsc2)c1.N#Cc1cccc(Br)c1.OB(O)c1ccsc1. The number of nitrogens with zero attached hydrogens (tertiary/aromatic N) is 2. The van der Waals surface area contributed by atoms with Gasteiger partial charge in [0.15, 0.2) is 0 Å². The average Bonchev–Trinajstić information content (AvgIpc) is 3.49. The summed E-state index contributed by atoms with van der Waals surface area (Å²) in [5.41, 5.74) is 4.26. The van der Waals surface area contributed by atoms with Gasteiger partial charge in [-0.15, -0.1) is 0 Å². The lowest BCUT2D eigenvalue weighted by molar-refractivity contribution is 0.426. The topological polar surface area (TPSA) is 88.0 Å². The molecule has 30 heavy (non-hydrogen) atoms. The van der Waals surface area contributed by atoms with Gasteiger partial charge in [-0.1, -0.05) is 40.2 Å². The molecule has 2 heterocycles. The van der Waals surface area contributed by atoms with E-state index in [2.05, 4.69) is 33.4 Å². The molecular formula is C22H16BBrN2O2S2. The van der Waals surface area contributed by atoms with E-state index in [9.17, 15) is 0 Å². The van der Waals surface area contributed by atoms with Gasteiger partial charge >= 0.3 is 7.12 Å². The van der Waals surface area contributed by atoms with Gasteiger partial charge in [-0.25, -0.2) is 0 Å². The summed E-state index contributed by atoms with van der Waals surface area (Å²) in [6, 6.07) is 22.8. The Hall–Kier alpha value is -2.72. The first-order chi connectivity index (χ1) is 14.5. The number of halogens is 1. The van der Waals surface area contributed by atoms with Crippen molar-refractivity contribution in [3.63, 3.8) is 0 Å². The number of rotatable bonds is 2. The highest BCUT2D eigenvalue weighted by molar-refractivity contribution is 9.10. The second-order valence-corrected chi connectivity index (χ2v) is 8.23. The standard InChI is InChI=1S/C11H7NS.C7H4BrN.C4H5BO2S/c12-7-9-2-1-3-10(6-9)11-4-5-13-8-11;8-7-3-1-2-6(4-7)5-9;6-5(7)4-1-2-8-3-4/h1-6,8H;1-4H;1-3,6-7H. The summed E-state index contributed by atoms with van der Waals surface area (Å²) in [6.45, 7) is 0. The molecule has 0 aliphatic rings. The average molecular weight is 495 g/mol. The Morgan fingerprint density at radius 1 is 0.767 bits per heavy atom. The van der Waals surface area contributed by atoms with E-state index in [0.29, 0.717) is 16.6 Å². The summed E-state index contributed by atoms with van der Waals surface area (Å²) >= 11 is 6.36. The van der Waals surface area contributed by atoms with Crippen LogP contribution in [-0.4, -0.2) is 17.2 Å². The molecule has 0 spiro atoms. The Morgan fingerprint density at radius 2 is 1.40 bits per heavy atom. The third kappa shape index (κ3) is 7.96. The Kier molecular flexibility index (Phi) is 10.0. The highest BCUT2D eigenvalue weighted by atomic mass is 79.9. The van der Waals surface area contributed by atoms with E-state index in [1.54, 1.807) is 40.3 Å². The van der Waals surface area contributed by atoms with Crippen LogP contribution in [0.15, 0.2) is 86.7 Å². The fourth-order valence-electron chi connectivity index (χ4n) is 2.18. The molecule has 0 amide bonds. The van der Waals surface area contributed by atoms with Crippen LogP contribution in [0, 0.1) is 22.7 Å². The van der Waals surface area contributed by atoms with Crippen molar-refractivity contribution in [2.75, 3.05) is 0 Å². The first-order valence-electron chi connectivity index (χ1n) is 8.60. The van der Waals surface area contributed by atoms with Crippen LogP contribution in [0.4, 0.5) is 0 Å². The molecule has 0 bridgehead atoms.